The lowest BCUT2D eigenvalue weighted by molar-refractivity contribution is -0.149. The van der Waals surface area contributed by atoms with E-state index in [1.165, 1.54) is 31.2 Å². The van der Waals surface area contributed by atoms with E-state index < -0.39 is 0 Å². The first-order valence-electron chi connectivity index (χ1n) is 12.3. The first kappa shape index (κ1) is 18.9. The summed E-state index contributed by atoms with van der Waals surface area (Å²) in [5.74, 6) is 3.01. The highest BCUT2D eigenvalue weighted by Gasteiger charge is 2.68. The monoisotopic (exact) mass is 406 g/mol. The van der Waals surface area contributed by atoms with Crippen LogP contribution in [-0.2, 0) is 11.2 Å². The molecule has 0 N–H and O–H groups in total. The molecule has 6 bridgehead atoms. The summed E-state index contributed by atoms with van der Waals surface area (Å²) in [6.07, 6.45) is 20.5. The molecule has 0 saturated carbocycles. The van der Waals surface area contributed by atoms with Gasteiger partial charge < -0.3 is 9.32 Å². The fraction of sp³-hybridized carbons (Fsp3) is 0.654. The summed E-state index contributed by atoms with van der Waals surface area (Å²) in [5.41, 5.74) is 1.06. The molecule has 8 rings (SSSR count). The van der Waals surface area contributed by atoms with Crippen molar-refractivity contribution in [2.75, 3.05) is 19.6 Å². The SMILES string of the molecule is O=C1N2CCCC/C=C\CCc3cc4c(o3)[C@@H]3N5CCCC/C=C\C5C[C@@]13[C@H]4CC2. The Kier molecular flexibility index (Phi) is 4.67. The van der Waals surface area contributed by atoms with Gasteiger partial charge in [0.2, 0.25) is 5.91 Å². The number of furan rings is 1. The van der Waals surface area contributed by atoms with E-state index in [-0.39, 0.29) is 11.5 Å². The van der Waals surface area contributed by atoms with Gasteiger partial charge in [-0.3, -0.25) is 9.69 Å². The molecule has 0 radical (unpaired) electrons. The Bertz CT molecular complexity index is 884. The fourth-order valence-electron chi connectivity index (χ4n) is 7.11. The van der Waals surface area contributed by atoms with Gasteiger partial charge in [-0.2, -0.15) is 0 Å². The second kappa shape index (κ2) is 7.40. The van der Waals surface area contributed by atoms with E-state index in [4.69, 9.17) is 4.42 Å². The summed E-state index contributed by atoms with van der Waals surface area (Å²) < 4.78 is 6.59. The molecule has 1 aromatic rings. The second-order valence-electron chi connectivity index (χ2n) is 10.0. The molecule has 30 heavy (non-hydrogen) atoms. The van der Waals surface area contributed by atoms with Crippen molar-refractivity contribution in [1.82, 2.24) is 9.80 Å². The highest BCUT2D eigenvalue weighted by Crippen LogP contribution is 2.67. The normalized spacial score (nSPS) is 38.5. The number of hydrogen-bond acceptors (Lipinski definition) is 3. The lowest BCUT2D eigenvalue weighted by atomic mass is 9.67. The number of rotatable bonds is 0. The highest BCUT2D eigenvalue weighted by atomic mass is 16.3. The van der Waals surface area contributed by atoms with Crippen LogP contribution < -0.4 is 0 Å². The van der Waals surface area contributed by atoms with Crippen LogP contribution in [0.1, 0.15) is 86.8 Å². The minimum atomic E-state index is -0.303. The molecule has 1 amide bonds. The Morgan fingerprint density at radius 1 is 0.967 bits per heavy atom. The van der Waals surface area contributed by atoms with Gasteiger partial charge in [0.15, 0.2) is 0 Å². The average Bonchev–Trinajstić information content (AvgIpc) is 3.32. The molecule has 0 aromatic carbocycles. The van der Waals surface area contributed by atoms with Gasteiger partial charge in [0.1, 0.15) is 11.5 Å². The molecular formula is C26H34N2O2. The van der Waals surface area contributed by atoms with E-state index in [2.05, 4.69) is 40.2 Å². The third-order valence-corrected chi connectivity index (χ3v) is 8.42. The van der Waals surface area contributed by atoms with Gasteiger partial charge >= 0.3 is 0 Å². The summed E-state index contributed by atoms with van der Waals surface area (Å²) in [5, 5.41) is 0. The maximum absolute atomic E-state index is 14.1. The van der Waals surface area contributed by atoms with Crippen molar-refractivity contribution in [3.63, 3.8) is 0 Å². The van der Waals surface area contributed by atoms with Crippen molar-refractivity contribution in [2.45, 2.75) is 82.2 Å². The first-order chi connectivity index (χ1) is 14.8. The Balaban J connectivity index is 1.47. The molecule has 2 fully saturated rings. The summed E-state index contributed by atoms with van der Waals surface area (Å²) in [6.45, 7) is 2.91. The average molecular weight is 407 g/mol. The van der Waals surface area contributed by atoms with Crippen LogP contribution in [0.15, 0.2) is 34.8 Å². The van der Waals surface area contributed by atoms with Gasteiger partial charge in [-0.25, -0.2) is 0 Å². The minimum Gasteiger partial charge on any atom is -0.464 e. The van der Waals surface area contributed by atoms with E-state index in [1.54, 1.807) is 0 Å². The zero-order chi connectivity index (χ0) is 20.1. The van der Waals surface area contributed by atoms with E-state index in [0.29, 0.717) is 17.9 Å². The second-order valence-corrected chi connectivity index (χ2v) is 10.0. The van der Waals surface area contributed by atoms with E-state index in [1.807, 2.05) is 0 Å². The van der Waals surface area contributed by atoms with E-state index in [0.717, 1.165) is 69.7 Å². The maximum atomic E-state index is 14.1. The molecule has 1 aromatic heterocycles. The van der Waals surface area contributed by atoms with Crippen molar-refractivity contribution in [3.05, 3.63) is 47.5 Å². The van der Waals surface area contributed by atoms with Gasteiger partial charge in [-0.1, -0.05) is 24.3 Å². The smallest absolute Gasteiger partial charge is 0.231 e. The van der Waals surface area contributed by atoms with Crippen LogP contribution in [0.5, 0.6) is 0 Å². The van der Waals surface area contributed by atoms with E-state index in [9.17, 15) is 4.79 Å². The number of carbonyl (C=O) groups is 1. The van der Waals surface area contributed by atoms with Crippen LogP contribution in [-0.4, -0.2) is 41.4 Å². The molecule has 7 aliphatic rings. The summed E-state index contributed by atoms with van der Waals surface area (Å²) in [6, 6.07) is 2.84. The predicted octanol–water partition coefficient (Wildman–Crippen LogP) is 5.12. The third-order valence-electron chi connectivity index (χ3n) is 8.42. The van der Waals surface area contributed by atoms with Gasteiger partial charge in [-0.15, -0.1) is 0 Å². The molecule has 4 atom stereocenters. The Hall–Kier alpha value is -1.81. The molecule has 2 saturated heterocycles. The number of amides is 1. The van der Waals surface area contributed by atoms with Gasteiger partial charge in [-0.05, 0) is 76.0 Å². The number of nitrogens with zero attached hydrogens (tertiary/aromatic N) is 2. The van der Waals surface area contributed by atoms with Crippen LogP contribution in [0.2, 0.25) is 0 Å². The van der Waals surface area contributed by atoms with Crippen molar-refractivity contribution in [2.24, 2.45) is 5.41 Å². The molecule has 1 aliphatic carbocycles. The van der Waals surface area contributed by atoms with E-state index >= 15 is 0 Å². The lowest BCUT2D eigenvalue weighted by Crippen LogP contribution is -2.52. The minimum absolute atomic E-state index is 0.134. The summed E-state index contributed by atoms with van der Waals surface area (Å²) in [7, 11) is 0. The van der Waals surface area contributed by atoms with Crippen LogP contribution >= 0.6 is 0 Å². The lowest BCUT2D eigenvalue weighted by Gasteiger charge is -2.44. The molecule has 1 unspecified atom stereocenters. The predicted molar refractivity (Wildman–Crippen MR) is 117 cm³/mol. The summed E-state index contributed by atoms with van der Waals surface area (Å²) in [4.78, 5) is 19.0. The van der Waals surface area contributed by atoms with Gasteiger partial charge in [0, 0.05) is 31.5 Å². The summed E-state index contributed by atoms with van der Waals surface area (Å²) >= 11 is 0. The molecule has 4 heteroatoms. The molecule has 160 valence electrons. The third kappa shape index (κ3) is 2.72. The quantitative estimate of drug-likeness (QED) is 0.561. The van der Waals surface area contributed by atoms with Crippen molar-refractivity contribution >= 4 is 5.91 Å². The number of carbonyl (C=O) groups excluding carboxylic acids is 1. The Morgan fingerprint density at radius 3 is 2.73 bits per heavy atom. The highest BCUT2D eigenvalue weighted by molar-refractivity contribution is 5.88. The van der Waals surface area contributed by atoms with Gasteiger partial charge in [0.25, 0.3) is 0 Å². The molecule has 1 spiro atoms. The van der Waals surface area contributed by atoms with Crippen molar-refractivity contribution in [1.29, 1.82) is 0 Å². The number of hydrogen-bond donors (Lipinski definition) is 0. The zero-order valence-electron chi connectivity index (χ0n) is 18.0. The Morgan fingerprint density at radius 2 is 1.80 bits per heavy atom. The fourth-order valence-corrected chi connectivity index (χ4v) is 7.11. The zero-order valence-corrected chi connectivity index (χ0v) is 18.0. The van der Waals surface area contributed by atoms with Crippen molar-refractivity contribution in [3.8, 4) is 0 Å². The standard InChI is InChI=1S/C26H34N2O2/c29-25-26-18-19-11-7-4-6-10-15-28(19)24(26)23-21-17-20(30-23)12-8-3-1-2-5-9-14-27(25)16-13-22(21)26/h1,3,7,11,17,19,22,24H,2,4-6,8-10,12-16,18H2/b3-1-,11-7-/t19?,22-,24-,26-/m0/s1. The molecular weight excluding hydrogens is 372 g/mol. The van der Waals surface area contributed by atoms with Crippen LogP contribution in [0.25, 0.3) is 0 Å². The first-order valence-corrected chi connectivity index (χ1v) is 12.3. The maximum Gasteiger partial charge on any atom is 0.231 e. The Labute approximate surface area is 180 Å². The van der Waals surface area contributed by atoms with Crippen LogP contribution in [0, 0.1) is 5.41 Å². The van der Waals surface area contributed by atoms with Crippen LogP contribution in [0.4, 0.5) is 0 Å². The number of fused-ring (bicyclic) bond motifs is 2. The number of aryl methyl sites for hydroxylation is 1. The molecule has 4 nitrogen and oxygen atoms in total. The topological polar surface area (TPSA) is 36.7 Å². The van der Waals surface area contributed by atoms with Crippen LogP contribution in [0.3, 0.4) is 0 Å². The molecule has 7 heterocycles. The molecule has 6 aliphatic heterocycles. The number of allylic oxidation sites excluding steroid dienone is 3. The largest absolute Gasteiger partial charge is 0.464 e. The van der Waals surface area contributed by atoms with Gasteiger partial charge in [0.05, 0.1) is 11.5 Å². The van der Waals surface area contributed by atoms with Crippen molar-refractivity contribution < 1.29 is 9.21 Å². The number of piperidine rings is 1.